The summed E-state index contributed by atoms with van der Waals surface area (Å²) in [5.74, 6) is 0.0291. The molecule has 1 spiro atoms. The minimum Gasteiger partial charge on any atom is -0.325 e. The first-order valence-electron chi connectivity index (χ1n) is 14.2. The van der Waals surface area contributed by atoms with Gasteiger partial charge in [-0.15, -0.1) is 0 Å². The molecule has 1 aromatic heterocycles. The smallest absolute Gasteiger partial charge is 0.263 e. The van der Waals surface area contributed by atoms with Crippen molar-refractivity contribution in [3.05, 3.63) is 105 Å². The van der Waals surface area contributed by atoms with Crippen molar-refractivity contribution in [2.75, 3.05) is 11.1 Å². The van der Waals surface area contributed by atoms with Crippen molar-refractivity contribution in [1.29, 1.82) is 0 Å². The van der Waals surface area contributed by atoms with E-state index in [-0.39, 0.29) is 22.6 Å². The molecule has 6 rings (SSSR count). The number of rotatable bonds is 5. The van der Waals surface area contributed by atoms with Crippen LogP contribution in [0.15, 0.2) is 76.7 Å². The second-order valence-electron chi connectivity index (χ2n) is 11.4. The van der Waals surface area contributed by atoms with Gasteiger partial charge in [0.25, 0.3) is 5.56 Å². The molecule has 0 unspecified atom stereocenters. The van der Waals surface area contributed by atoms with E-state index in [0.717, 1.165) is 77.0 Å². The van der Waals surface area contributed by atoms with E-state index in [4.69, 9.17) is 4.98 Å². The van der Waals surface area contributed by atoms with Crippen molar-refractivity contribution in [3.8, 4) is 16.9 Å². The minimum absolute atomic E-state index is 0.00740. The Labute approximate surface area is 240 Å². The lowest BCUT2D eigenvalue weighted by Crippen LogP contribution is -2.43. The van der Waals surface area contributed by atoms with Crippen LogP contribution in [0.3, 0.4) is 0 Å². The molecular weight excluding hydrogens is 514 g/mol. The highest BCUT2D eigenvalue weighted by Gasteiger charge is 2.43. The molecule has 6 heteroatoms. The third-order valence-corrected chi connectivity index (χ3v) is 9.48. The Morgan fingerprint density at radius 3 is 2.48 bits per heavy atom. The molecule has 1 amide bonds. The summed E-state index contributed by atoms with van der Waals surface area (Å²) in [6, 6.07) is 22.3. The number of amides is 1. The number of hydrogen-bond acceptors (Lipinski definition) is 4. The number of nitrogens with one attached hydrogen (secondary N) is 1. The quantitative estimate of drug-likeness (QED) is 0.209. The fourth-order valence-corrected chi connectivity index (χ4v) is 7.38. The monoisotopic (exact) mass is 549 g/mol. The predicted molar refractivity (Wildman–Crippen MR) is 164 cm³/mol. The number of aryl methyl sites for hydroxylation is 3. The second kappa shape index (κ2) is 10.7. The average molecular weight is 550 g/mol. The average Bonchev–Trinajstić information content (AvgIpc) is 2.94. The third kappa shape index (κ3) is 4.79. The highest BCUT2D eigenvalue weighted by molar-refractivity contribution is 7.99. The van der Waals surface area contributed by atoms with Crippen LogP contribution in [0, 0.1) is 20.8 Å². The van der Waals surface area contributed by atoms with Crippen LogP contribution in [0.5, 0.6) is 0 Å². The van der Waals surface area contributed by atoms with Crippen LogP contribution in [0.2, 0.25) is 0 Å². The van der Waals surface area contributed by atoms with Gasteiger partial charge in [-0.3, -0.25) is 14.2 Å². The van der Waals surface area contributed by atoms with Crippen LogP contribution in [0.25, 0.3) is 16.9 Å². The van der Waals surface area contributed by atoms with E-state index in [9.17, 15) is 9.59 Å². The van der Waals surface area contributed by atoms with Crippen molar-refractivity contribution in [2.45, 2.75) is 69.9 Å². The number of nitrogens with zero attached hydrogens (tertiary/aromatic N) is 2. The molecule has 4 aromatic rings. The van der Waals surface area contributed by atoms with Gasteiger partial charge in [0.1, 0.15) is 0 Å². The van der Waals surface area contributed by atoms with E-state index in [1.807, 2.05) is 63.2 Å². The number of carbonyl (C=O) groups excluding carboxylic acids is 1. The van der Waals surface area contributed by atoms with E-state index in [0.29, 0.717) is 5.16 Å². The summed E-state index contributed by atoms with van der Waals surface area (Å²) < 4.78 is 1.77. The van der Waals surface area contributed by atoms with Crippen LogP contribution < -0.4 is 10.9 Å². The van der Waals surface area contributed by atoms with Gasteiger partial charge in [-0.25, -0.2) is 4.98 Å². The number of para-hydroxylation sites is 1. The topological polar surface area (TPSA) is 64.0 Å². The predicted octanol–water partition coefficient (Wildman–Crippen LogP) is 7.31. The van der Waals surface area contributed by atoms with Crippen LogP contribution in [0.1, 0.15) is 59.9 Å². The van der Waals surface area contributed by atoms with Crippen LogP contribution in [0.4, 0.5) is 5.69 Å². The third-order valence-electron chi connectivity index (χ3n) is 8.54. The van der Waals surface area contributed by atoms with Gasteiger partial charge in [0, 0.05) is 16.7 Å². The first-order valence-corrected chi connectivity index (χ1v) is 15.2. The van der Waals surface area contributed by atoms with Gasteiger partial charge in [-0.05, 0) is 68.9 Å². The summed E-state index contributed by atoms with van der Waals surface area (Å²) in [4.78, 5) is 33.0. The van der Waals surface area contributed by atoms with E-state index in [1.54, 1.807) is 4.57 Å². The summed E-state index contributed by atoms with van der Waals surface area (Å²) in [5, 5.41) is 3.59. The molecule has 1 fully saturated rings. The molecule has 2 aliphatic carbocycles. The molecule has 0 atom stereocenters. The zero-order valence-electron chi connectivity index (χ0n) is 23.4. The molecule has 2 aliphatic rings. The van der Waals surface area contributed by atoms with Gasteiger partial charge in [0.2, 0.25) is 5.91 Å². The highest BCUT2D eigenvalue weighted by Crippen LogP contribution is 2.49. The van der Waals surface area contributed by atoms with Gasteiger partial charge in [0.15, 0.2) is 5.16 Å². The Kier molecular flexibility index (Phi) is 7.13. The Hall–Kier alpha value is -3.64. The molecule has 5 nitrogen and oxygen atoms in total. The standard InChI is InChI=1S/C34H35N3O2S/c1-22-15-16-27(24(3)19-22)35-29(38)21-40-33-36-31-26-13-7-6-12-25(26)20-34(17-9-4-10-18-34)30(31)32(39)37(33)28-14-8-5-11-23(28)2/h5-8,11-16,19H,4,9-10,17-18,20-21H2,1-3H3,(H,35,38). The fourth-order valence-electron chi connectivity index (χ4n) is 6.58. The number of thioether (sulfide) groups is 1. The largest absolute Gasteiger partial charge is 0.325 e. The van der Waals surface area contributed by atoms with Crippen molar-refractivity contribution >= 4 is 23.4 Å². The number of aromatic nitrogens is 2. The zero-order chi connectivity index (χ0) is 27.9. The second-order valence-corrected chi connectivity index (χ2v) is 12.3. The molecule has 40 heavy (non-hydrogen) atoms. The van der Waals surface area contributed by atoms with Gasteiger partial charge in [-0.2, -0.15) is 0 Å². The molecule has 0 bridgehead atoms. The zero-order valence-corrected chi connectivity index (χ0v) is 24.2. The van der Waals surface area contributed by atoms with E-state index < -0.39 is 0 Å². The SMILES string of the molecule is Cc1ccc(NC(=O)CSc2nc3c(c(=O)n2-c2ccccc2C)C2(CCCCC2)Cc2ccccc2-3)c(C)c1. The van der Waals surface area contributed by atoms with Crippen molar-refractivity contribution in [3.63, 3.8) is 0 Å². The lowest BCUT2D eigenvalue weighted by atomic mass is 9.62. The summed E-state index contributed by atoms with van der Waals surface area (Å²) in [6.45, 7) is 6.06. The van der Waals surface area contributed by atoms with Crippen molar-refractivity contribution < 1.29 is 4.79 Å². The molecule has 0 radical (unpaired) electrons. The molecule has 1 saturated carbocycles. The van der Waals surface area contributed by atoms with Gasteiger partial charge in [0.05, 0.1) is 22.7 Å². The molecule has 1 heterocycles. The maximum Gasteiger partial charge on any atom is 0.263 e. The molecule has 1 N–H and O–H groups in total. The number of hydrogen-bond donors (Lipinski definition) is 1. The van der Waals surface area contributed by atoms with Crippen molar-refractivity contribution in [1.82, 2.24) is 9.55 Å². The number of benzene rings is 3. The molecule has 0 aliphatic heterocycles. The molecule has 204 valence electrons. The van der Waals surface area contributed by atoms with E-state index >= 15 is 0 Å². The Morgan fingerprint density at radius 2 is 1.70 bits per heavy atom. The van der Waals surface area contributed by atoms with Gasteiger partial charge in [-0.1, -0.05) is 91.2 Å². The number of carbonyl (C=O) groups is 1. The molecule has 3 aromatic carbocycles. The Balaban J connectivity index is 1.47. The Bertz CT molecular complexity index is 1670. The van der Waals surface area contributed by atoms with Crippen LogP contribution in [-0.2, 0) is 16.6 Å². The van der Waals surface area contributed by atoms with Gasteiger partial charge >= 0.3 is 0 Å². The number of anilines is 1. The minimum atomic E-state index is -0.194. The number of fused-ring (bicyclic) bond motifs is 4. The van der Waals surface area contributed by atoms with Crippen LogP contribution in [-0.4, -0.2) is 21.2 Å². The van der Waals surface area contributed by atoms with Crippen molar-refractivity contribution in [2.24, 2.45) is 0 Å². The summed E-state index contributed by atoms with van der Waals surface area (Å²) in [5.41, 5.74) is 8.59. The highest BCUT2D eigenvalue weighted by atomic mass is 32.2. The first-order chi connectivity index (χ1) is 19.4. The van der Waals surface area contributed by atoms with E-state index in [2.05, 4.69) is 29.6 Å². The summed E-state index contributed by atoms with van der Waals surface area (Å²) in [7, 11) is 0. The maximum atomic E-state index is 14.7. The van der Waals surface area contributed by atoms with E-state index in [1.165, 1.54) is 23.7 Å². The lowest BCUT2D eigenvalue weighted by molar-refractivity contribution is -0.113. The molecular formula is C34H35N3O2S. The summed E-state index contributed by atoms with van der Waals surface area (Å²) in [6.07, 6.45) is 6.35. The summed E-state index contributed by atoms with van der Waals surface area (Å²) >= 11 is 1.32. The first kappa shape index (κ1) is 26.6. The van der Waals surface area contributed by atoms with Crippen LogP contribution >= 0.6 is 11.8 Å². The lowest BCUT2D eigenvalue weighted by Gasteiger charge is -2.42. The Morgan fingerprint density at radius 1 is 0.950 bits per heavy atom. The fraction of sp³-hybridized carbons (Fsp3) is 0.324. The normalized spacial score (nSPS) is 15.4. The molecule has 0 saturated heterocycles. The maximum absolute atomic E-state index is 14.7. The van der Waals surface area contributed by atoms with Gasteiger partial charge < -0.3 is 5.32 Å².